The standard InChI is InChI=1S/C10H17NO2/c1-11-9-5-3-2-4-8(9)6-13-7-10(11)12/h8-9H,2-7H2,1H3/t8-,9-/m1/s1. The molecule has 1 saturated carbocycles. The number of ether oxygens (including phenoxy) is 1. The van der Waals surface area contributed by atoms with Crippen LogP contribution in [0.25, 0.3) is 0 Å². The number of hydrogen-bond donors (Lipinski definition) is 0. The average Bonchev–Trinajstić information content (AvgIpc) is 2.29. The molecule has 3 nitrogen and oxygen atoms in total. The third-order valence-electron chi connectivity index (χ3n) is 3.32. The third-order valence-corrected chi connectivity index (χ3v) is 3.32. The van der Waals surface area contributed by atoms with Gasteiger partial charge in [0.1, 0.15) is 6.61 Å². The Kier molecular flexibility index (Phi) is 2.54. The highest BCUT2D eigenvalue weighted by Crippen LogP contribution is 2.29. The van der Waals surface area contributed by atoms with Crippen molar-refractivity contribution in [3.63, 3.8) is 0 Å². The van der Waals surface area contributed by atoms with E-state index in [9.17, 15) is 4.79 Å². The van der Waals surface area contributed by atoms with Gasteiger partial charge in [-0.25, -0.2) is 0 Å². The summed E-state index contributed by atoms with van der Waals surface area (Å²) in [5.74, 6) is 0.736. The monoisotopic (exact) mass is 183 g/mol. The Balaban J connectivity index is 2.11. The predicted octanol–water partition coefficient (Wildman–Crippen LogP) is 1.03. The Hall–Kier alpha value is -0.570. The molecule has 0 unspecified atom stereocenters. The molecular formula is C10H17NO2. The highest BCUT2D eigenvalue weighted by molar-refractivity contribution is 5.77. The Labute approximate surface area is 79.0 Å². The van der Waals surface area contributed by atoms with Crippen LogP contribution in [0.2, 0.25) is 0 Å². The lowest BCUT2D eigenvalue weighted by molar-refractivity contribution is -0.134. The first-order valence-corrected chi connectivity index (χ1v) is 5.12. The van der Waals surface area contributed by atoms with Crippen LogP contribution in [0.5, 0.6) is 0 Å². The van der Waals surface area contributed by atoms with Crippen molar-refractivity contribution >= 4 is 5.91 Å². The molecule has 2 fully saturated rings. The van der Waals surface area contributed by atoms with Crippen LogP contribution in [-0.2, 0) is 9.53 Å². The van der Waals surface area contributed by atoms with Gasteiger partial charge in [0.25, 0.3) is 0 Å². The summed E-state index contributed by atoms with van der Waals surface area (Å²) >= 11 is 0. The molecule has 0 aromatic carbocycles. The van der Waals surface area contributed by atoms with Gasteiger partial charge in [0.05, 0.1) is 6.61 Å². The summed E-state index contributed by atoms with van der Waals surface area (Å²) in [7, 11) is 1.92. The quantitative estimate of drug-likeness (QED) is 0.561. The maximum Gasteiger partial charge on any atom is 0.248 e. The van der Waals surface area contributed by atoms with Gasteiger partial charge in [-0.2, -0.15) is 0 Å². The molecule has 0 aromatic heterocycles. The van der Waals surface area contributed by atoms with Crippen LogP contribution in [0.3, 0.4) is 0 Å². The normalized spacial score (nSPS) is 35.5. The van der Waals surface area contributed by atoms with Gasteiger partial charge in [0, 0.05) is 19.0 Å². The number of amides is 1. The number of carbonyl (C=O) groups is 1. The maximum atomic E-state index is 11.5. The first-order valence-electron chi connectivity index (χ1n) is 5.12. The van der Waals surface area contributed by atoms with Gasteiger partial charge in [-0.15, -0.1) is 0 Å². The molecule has 0 radical (unpaired) electrons. The molecule has 0 bridgehead atoms. The molecule has 0 aromatic rings. The Morgan fingerprint density at radius 2 is 2.15 bits per heavy atom. The van der Waals surface area contributed by atoms with E-state index >= 15 is 0 Å². The van der Waals surface area contributed by atoms with Crippen molar-refractivity contribution in [2.24, 2.45) is 5.92 Å². The van der Waals surface area contributed by atoms with Crippen LogP contribution >= 0.6 is 0 Å². The molecule has 3 heteroatoms. The molecular weight excluding hydrogens is 166 g/mol. The zero-order chi connectivity index (χ0) is 9.26. The zero-order valence-electron chi connectivity index (χ0n) is 8.16. The van der Waals surface area contributed by atoms with Crippen molar-refractivity contribution in [1.82, 2.24) is 4.90 Å². The fourth-order valence-corrected chi connectivity index (χ4v) is 2.48. The molecule has 13 heavy (non-hydrogen) atoms. The molecule has 1 saturated heterocycles. The summed E-state index contributed by atoms with van der Waals surface area (Å²) in [6.07, 6.45) is 4.95. The number of fused-ring (bicyclic) bond motifs is 1. The lowest BCUT2D eigenvalue weighted by Gasteiger charge is -2.35. The minimum Gasteiger partial charge on any atom is -0.371 e. The number of likely N-dealkylation sites (N-methyl/N-ethyl adjacent to an activating group) is 1. The van der Waals surface area contributed by atoms with E-state index in [4.69, 9.17) is 4.74 Å². The van der Waals surface area contributed by atoms with Gasteiger partial charge in [0.2, 0.25) is 5.91 Å². The first-order chi connectivity index (χ1) is 6.29. The summed E-state index contributed by atoms with van der Waals surface area (Å²) < 4.78 is 5.36. The zero-order valence-corrected chi connectivity index (χ0v) is 8.16. The van der Waals surface area contributed by atoms with Crippen LogP contribution in [0.1, 0.15) is 25.7 Å². The second kappa shape index (κ2) is 3.66. The lowest BCUT2D eigenvalue weighted by atomic mass is 9.84. The number of hydrogen-bond acceptors (Lipinski definition) is 2. The molecule has 2 atom stereocenters. The molecule has 0 N–H and O–H groups in total. The van der Waals surface area contributed by atoms with E-state index in [1.54, 1.807) is 0 Å². The van der Waals surface area contributed by atoms with E-state index in [1.165, 1.54) is 19.3 Å². The molecule has 2 rings (SSSR count). The topological polar surface area (TPSA) is 29.5 Å². The largest absolute Gasteiger partial charge is 0.371 e. The average molecular weight is 183 g/mol. The van der Waals surface area contributed by atoms with Gasteiger partial charge in [-0.1, -0.05) is 12.8 Å². The van der Waals surface area contributed by atoms with Crippen molar-refractivity contribution in [3.05, 3.63) is 0 Å². The van der Waals surface area contributed by atoms with E-state index < -0.39 is 0 Å². The van der Waals surface area contributed by atoms with Gasteiger partial charge < -0.3 is 9.64 Å². The third kappa shape index (κ3) is 1.70. The van der Waals surface area contributed by atoms with Crippen molar-refractivity contribution < 1.29 is 9.53 Å². The van der Waals surface area contributed by atoms with E-state index in [0.29, 0.717) is 12.0 Å². The highest BCUT2D eigenvalue weighted by Gasteiger charge is 2.33. The summed E-state index contributed by atoms with van der Waals surface area (Å²) in [6, 6.07) is 0.448. The Bertz CT molecular complexity index is 205. The highest BCUT2D eigenvalue weighted by atomic mass is 16.5. The SMILES string of the molecule is CN1C(=O)COC[C@H]2CCCC[C@H]21. The molecule has 1 aliphatic carbocycles. The maximum absolute atomic E-state index is 11.5. The van der Waals surface area contributed by atoms with Crippen molar-refractivity contribution in [2.75, 3.05) is 20.3 Å². The van der Waals surface area contributed by atoms with Crippen molar-refractivity contribution in [2.45, 2.75) is 31.7 Å². The van der Waals surface area contributed by atoms with Crippen molar-refractivity contribution in [3.8, 4) is 0 Å². The molecule has 1 aliphatic heterocycles. The molecule has 74 valence electrons. The van der Waals surface area contributed by atoms with Crippen LogP contribution in [0.4, 0.5) is 0 Å². The molecule has 1 amide bonds. The van der Waals surface area contributed by atoms with Gasteiger partial charge in [-0.3, -0.25) is 4.79 Å². The number of carbonyl (C=O) groups excluding carboxylic acids is 1. The fraction of sp³-hybridized carbons (Fsp3) is 0.900. The second-order valence-corrected chi connectivity index (χ2v) is 4.13. The van der Waals surface area contributed by atoms with Gasteiger partial charge in [0.15, 0.2) is 0 Å². The Morgan fingerprint density at radius 3 is 3.00 bits per heavy atom. The second-order valence-electron chi connectivity index (χ2n) is 4.13. The molecule has 2 aliphatic rings. The van der Waals surface area contributed by atoms with Crippen LogP contribution in [-0.4, -0.2) is 37.1 Å². The summed E-state index contributed by atoms with van der Waals surface area (Å²) in [5.41, 5.74) is 0. The summed E-state index contributed by atoms with van der Waals surface area (Å²) in [4.78, 5) is 13.4. The predicted molar refractivity (Wildman–Crippen MR) is 49.3 cm³/mol. The van der Waals surface area contributed by atoms with Gasteiger partial charge in [-0.05, 0) is 12.8 Å². The number of nitrogens with zero attached hydrogens (tertiary/aromatic N) is 1. The van der Waals surface area contributed by atoms with Crippen LogP contribution < -0.4 is 0 Å². The van der Waals surface area contributed by atoms with Crippen LogP contribution in [0, 0.1) is 5.92 Å². The van der Waals surface area contributed by atoms with E-state index in [1.807, 2.05) is 11.9 Å². The minimum absolute atomic E-state index is 0.148. The Morgan fingerprint density at radius 1 is 1.38 bits per heavy atom. The van der Waals surface area contributed by atoms with E-state index in [-0.39, 0.29) is 12.5 Å². The smallest absolute Gasteiger partial charge is 0.248 e. The summed E-state index contributed by atoms with van der Waals surface area (Å²) in [6.45, 7) is 1.06. The van der Waals surface area contributed by atoms with Gasteiger partial charge >= 0.3 is 0 Å². The number of rotatable bonds is 0. The van der Waals surface area contributed by atoms with Crippen LogP contribution in [0.15, 0.2) is 0 Å². The summed E-state index contributed by atoms with van der Waals surface area (Å²) in [5, 5.41) is 0. The van der Waals surface area contributed by atoms with E-state index in [0.717, 1.165) is 13.0 Å². The van der Waals surface area contributed by atoms with E-state index in [2.05, 4.69) is 0 Å². The van der Waals surface area contributed by atoms with Crippen molar-refractivity contribution in [1.29, 1.82) is 0 Å². The molecule has 0 spiro atoms. The fourth-order valence-electron chi connectivity index (χ4n) is 2.48. The minimum atomic E-state index is 0.148. The lowest BCUT2D eigenvalue weighted by Crippen LogP contribution is -2.42. The molecule has 1 heterocycles. The first kappa shape index (κ1) is 9.00.